The zero-order chi connectivity index (χ0) is 10.3. The largest absolute Gasteiger partial charge is 0.309 e. The number of nitrogens with one attached hydrogen (secondary N) is 1. The average molecular weight is 219 g/mol. The van der Waals surface area contributed by atoms with E-state index in [0.29, 0.717) is 5.25 Å². The number of hydrogen-bond acceptors (Lipinski definition) is 2. The van der Waals surface area contributed by atoms with Gasteiger partial charge in [-0.05, 0) is 31.5 Å². The van der Waals surface area contributed by atoms with Crippen LogP contribution in [0.2, 0.25) is 0 Å². The van der Waals surface area contributed by atoms with Gasteiger partial charge < -0.3 is 5.32 Å². The lowest BCUT2D eigenvalue weighted by molar-refractivity contribution is 0.344. The number of hydrogen-bond donors (Lipinski definition) is 1. The third-order valence-corrected chi connectivity index (χ3v) is 5.08. The van der Waals surface area contributed by atoms with E-state index in [1.807, 2.05) is 11.8 Å². The molecule has 1 aromatic carbocycles. The lowest BCUT2D eigenvalue weighted by Gasteiger charge is -2.36. The molecule has 2 heteroatoms. The molecular formula is C13H15NS. The van der Waals surface area contributed by atoms with Crippen LogP contribution in [0.1, 0.15) is 18.4 Å². The predicted octanol–water partition coefficient (Wildman–Crippen LogP) is 2.93. The molecule has 0 radical (unpaired) electrons. The van der Waals surface area contributed by atoms with E-state index in [1.165, 1.54) is 16.9 Å². The lowest BCUT2D eigenvalue weighted by atomic mass is 9.80. The van der Waals surface area contributed by atoms with Gasteiger partial charge in [-0.1, -0.05) is 30.4 Å². The lowest BCUT2D eigenvalue weighted by Crippen LogP contribution is -2.46. The van der Waals surface area contributed by atoms with Crippen molar-refractivity contribution in [1.29, 1.82) is 0 Å². The Hall–Kier alpha value is -0.730. The molecule has 0 saturated carbocycles. The van der Waals surface area contributed by atoms with Gasteiger partial charge >= 0.3 is 0 Å². The minimum absolute atomic E-state index is 0.190. The van der Waals surface area contributed by atoms with Crippen molar-refractivity contribution in [2.75, 3.05) is 7.05 Å². The van der Waals surface area contributed by atoms with Crippen molar-refractivity contribution in [3.05, 3.63) is 42.0 Å². The van der Waals surface area contributed by atoms with Gasteiger partial charge in [0, 0.05) is 10.1 Å². The Bertz CT molecular complexity index is 413. The first-order valence-electron chi connectivity index (χ1n) is 5.47. The molecule has 2 aliphatic rings. The van der Waals surface area contributed by atoms with Crippen LogP contribution in [0.25, 0.3) is 0 Å². The smallest absolute Gasteiger partial charge is 0.0604 e. The van der Waals surface area contributed by atoms with Crippen LogP contribution in [0.3, 0.4) is 0 Å². The molecule has 0 fully saturated rings. The molecule has 0 bridgehead atoms. The molecule has 3 rings (SSSR count). The number of allylic oxidation sites excluding steroid dienone is 1. The van der Waals surface area contributed by atoms with Gasteiger partial charge in [-0.2, -0.15) is 0 Å². The highest BCUT2D eigenvalue weighted by atomic mass is 32.2. The van der Waals surface area contributed by atoms with E-state index in [1.54, 1.807) is 0 Å². The van der Waals surface area contributed by atoms with Crippen LogP contribution in [0.15, 0.2) is 41.3 Å². The average Bonchev–Trinajstić information content (AvgIpc) is 2.64. The van der Waals surface area contributed by atoms with Crippen molar-refractivity contribution < 1.29 is 0 Å². The fourth-order valence-corrected chi connectivity index (χ4v) is 4.33. The topological polar surface area (TPSA) is 12.0 Å². The van der Waals surface area contributed by atoms with Crippen molar-refractivity contribution in [3.63, 3.8) is 0 Å². The highest BCUT2D eigenvalue weighted by Gasteiger charge is 2.46. The molecule has 2 atom stereocenters. The Morgan fingerprint density at radius 3 is 3.07 bits per heavy atom. The van der Waals surface area contributed by atoms with E-state index in [2.05, 4.69) is 48.8 Å². The Morgan fingerprint density at radius 2 is 2.20 bits per heavy atom. The summed E-state index contributed by atoms with van der Waals surface area (Å²) in [7, 11) is 2.09. The molecule has 0 amide bonds. The summed E-state index contributed by atoms with van der Waals surface area (Å²) in [6, 6.07) is 8.81. The number of rotatable bonds is 1. The van der Waals surface area contributed by atoms with Crippen LogP contribution in [0.4, 0.5) is 0 Å². The molecule has 1 nitrogen and oxygen atoms in total. The van der Waals surface area contributed by atoms with Crippen molar-refractivity contribution in [2.24, 2.45) is 0 Å². The summed E-state index contributed by atoms with van der Waals surface area (Å²) in [6.45, 7) is 0. The fraction of sp³-hybridized carbons (Fsp3) is 0.385. The van der Waals surface area contributed by atoms with Crippen LogP contribution in [-0.2, 0) is 5.54 Å². The Balaban J connectivity index is 2.15. The highest BCUT2D eigenvalue weighted by molar-refractivity contribution is 8.00. The van der Waals surface area contributed by atoms with Gasteiger partial charge in [0.2, 0.25) is 0 Å². The van der Waals surface area contributed by atoms with Crippen LogP contribution >= 0.6 is 11.8 Å². The summed E-state index contributed by atoms with van der Waals surface area (Å²) in [6.07, 6.45) is 6.94. The van der Waals surface area contributed by atoms with E-state index >= 15 is 0 Å². The van der Waals surface area contributed by atoms with E-state index in [4.69, 9.17) is 0 Å². The molecule has 0 spiro atoms. The maximum atomic E-state index is 3.56. The second-order valence-electron chi connectivity index (χ2n) is 4.24. The van der Waals surface area contributed by atoms with Gasteiger partial charge in [-0.25, -0.2) is 0 Å². The zero-order valence-corrected chi connectivity index (χ0v) is 9.68. The van der Waals surface area contributed by atoms with E-state index in [9.17, 15) is 0 Å². The van der Waals surface area contributed by atoms with Crippen molar-refractivity contribution in [3.8, 4) is 0 Å². The zero-order valence-electron chi connectivity index (χ0n) is 8.86. The standard InChI is InChI=1S/C13H15NS/c1-14-13-9-5-4-8-12(13)15-11-7-3-2-6-10(11)13/h2-7,12,14H,8-9H2,1H3/i1+2. The van der Waals surface area contributed by atoms with Gasteiger partial charge in [0.1, 0.15) is 0 Å². The third kappa shape index (κ3) is 1.21. The molecule has 1 N–H and O–H groups in total. The first kappa shape index (κ1) is 9.49. The second kappa shape index (κ2) is 3.39. The maximum absolute atomic E-state index is 3.56. The SMILES string of the molecule is [14CH3]NC12CC=CCC1Sc1ccccc12. The number of thioether (sulfide) groups is 1. The molecule has 1 aromatic rings. The Labute approximate surface area is 95.0 Å². The summed E-state index contributed by atoms with van der Waals surface area (Å²) in [5.41, 5.74) is 1.68. The summed E-state index contributed by atoms with van der Waals surface area (Å²) >= 11 is 2.03. The van der Waals surface area contributed by atoms with Crippen LogP contribution in [0.5, 0.6) is 0 Å². The molecule has 1 aliphatic heterocycles. The van der Waals surface area contributed by atoms with Crippen molar-refractivity contribution in [2.45, 2.75) is 28.5 Å². The predicted molar refractivity (Wildman–Crippen MR) is 65.2 cm³/mol. The minimum atomic E-state index is 0.190. The summed E-state index contributed by atoms with van der Waals surface area (Å²) in [4.78, 5) is 1.46. The summed E-state index contributed by atoms with van der Waals surface area (Å²) in [5.74, 6) is 0. The molecule has 15 heavy (non-hydrogen) atoms. The van der Waals surface area contributed by atoms with Crippen LogP contribution in [0, 0.1) is 0 Å². The molecule has 0 saturated heterocycles. The maximum Gasteiger partial charge on any atom is 0.0604 e. The van der Waals surface area contributed by atoms with Crippen LogP contribution in [-0.4, -0.2) is 12.3 Å². The fourth-order valence-electron chi connectivity index (χ4n) is 2.74. The Kier molecular flexibility index (Phi) is 2.15. The molecule has 78 valence electrons. The number of fused-ring (bicyclic) bond motifs is 3. The number of benzene rings is 1. The van der Waals surface area contributed by atoms with E-state index in [0.717, 1.165) is 6.42 Å². The molecule has 0 aromatic heterocycles. The highest BCUT2D eigenvalue weighted by Crippen LogP contribution is 2.52. The van der Waals surface area contributed by atoms with Crippen molar-refractivity contribution in [1.82, 2.24) is 5.32 Å². The second-order valence-corrected chi connectivity index (χ2v) is 5.48. The van der Waals surface area contributed by atoms with E-state index < -0.39 is 0 Å². The molecule has 2 unspecified atom stereocenters. The van der Waals surface area contributed by atoms with Gasteiger partial charge in [0.15, 0.2) is 0 Å². The van der Waals surface area contributed by atoms with Gasteiger partial charge in [0.25, 0.3) is 0 Å². The third-order valence-electron chi connectivity index (χ3n) is 3.59. The quantitative estimate of drug-likeness (QED) is 0.729. The normalized spacial score (nSPS) is 32.5. The first-order chi connectivity index (χ1) is 7.37. The van der Waals surface area contributed by atoms with E-state index in [-0.39, 0.29) is 5.54 Å². The minimum Gasteiger partial charge on any atom is -0.309 e. The van der Waals surface area contributed by atoms with Gasteiger partial charge in [-0.3, -0.25) is 0 Å². The monoisotopic (exact) mass is 219 g/mol. The first-order valence-corrected chi connectivity index (χ1v) is 6.35. The molecule has 1 aliphatic carbocycles. The molecule has 1 heterocycles. The van der Waals surface area contributed by atoms with Crippen LogP contribution < -0.4 is 5.32 Å². The van der Waals surface area contributed by atoms with Crippen molar-refractivity contribution >= 4 is 11.8 Å². The summed E-state index contributed by atoms with van der Waals surface area (Å²) < 4.78 is 0. The Morgan fingerprint density at radius 1 is 1.33 bits per heavy atom. The molecular weight excluding hydrogens is 204 g/mol. The van der Waals surface area contributed by atoms with Gasteiger partial charge in [0.05, 0.1) is 5.54 Å². The van der Waals surface area contributed by atoms with Gasteiger partial charge in [-0.15, -0.1) is 11.8 Å². The summed E-state index contributed by atoms with van der Waals surface area (Å²) in [5, 5.41) is 4.23.